The molecule has 0 spiro atoms. The van der Waals surface area contributed by atoms with E-state index in [-0.39, 0.29) is 5.78 Å². The van der Waals surface area contributed by atoms with Crippen molar-refractivity contribution in [2.45, 2.75) is 45.2 Å². The van der Waals surface area contributed by atoms with Gasteiger partial charge in [0.25, 0.3) is 0 Å². The summed E-state index contributed by atoms with van der Waals surface area (Å²) in [4.78, 5) is 21.6. The molecule has 0 N–H and O–H groups in total. The molecular formula is C14H21N3OS. The molecule has 0 aliphatic carbocycles. The summed E-state index contributed by atoms with van der Waals surface area (Å²) in [5, 5.41) is 1.02. The van der Waals surface area contributed by atoms with Crippen molar-refractivity contribution in [3.05, 3.63) is 11.1 Å². The van der Waals surface area contributed by atoms with E-state index in [0.717, 1.165) is 23.1 Å². The maximum Gasteiger partial charge on any atom is 0.186 e. The number of piperidine rings is 1. The van der Waals surface area contributed by atoms with Crippen LogP contribution in [0.15, 0.2) is 6.20 Å². The number of carbonyl (C=O) groups excluding carboxylic acids is 1. The average molecular weight is 279 g/mol. The van der Waals surface area contributed by atoms with Gasteiger partial charge in [0, 0.05) is 32.1 Å². The van der Waals surface area contributed by atoms with E-state index in [0.29, 0.717) is 12.1 Å². The number of piperazine rings is 1. The Morgan fingerprint density at radius 1 is 1.42 bits per heavy atom. The lowest BCUT2D eigenvalue weighted by molar-refractivity contribution is 0.102. The first-order chi connectivity index (χ1) is 9.15. The van der Waals surface area contributed by atoms with Crippen molar-refractivity contribution in [2.24, 2.45) is 0 Å². The summed E-state index contributed by atoms with van der Waals surface area (Å²) in [5.41, 5.74) is 0. The number of ketones is 1. The molecule has 3 heterocycles. The fraction of sp³-hybridized carbons (Fsp3) is 0.714. The lowest BCUT2D eigenvalue weighted by Gasteiger charge is -2.47. The van der Waals surface area contributed by atoms with Crippen LogP contribution in [0.3, 0.4) is 0 Å². The molecule has 2 aliphatic rings. The van der Waals surface area contributed by atoms with Crippen LogP contribution >= 0.6 is 11.3 Å². The van der Waals surface area contributed by atoms with Crippen LogP contribution in [0.5, 0.6) is 0 Å². The average Bonchev–Trinajstić information content (AvgIpc) is 2.87. The van der Waals surface area contributed by atoms with Crippen LogP contribution in [0.2, 0.25) is 0 Å². The van der Waals surface area contributed by atoms with Gasteiger partial charge >= 0.3 is 0 Å². The smallest absolute Gasteiger partial charge is 0.186 e. The maximum absolute atomic E-state index is 11.4. The lowest BCUT2D eigenvalue weighted by Crippen LogP contribution is -2.58. The van der Waals surface area contributed by atoms with Gasteiger partial charge in [-0.2, -0.15) is 0 Å². The summed E-state index contributed by atoms with van der Waals surface area (Å²) in [6.45, 7) is 7.31. The Bertz CT molecular complexity index is 473. The normalized spacial score (nSPS) is 28.2. The predicted octanol–water partition coefficient (Wildman–Crippen LogP) is 2.41. The van der Waals surface area contributed by atoms with Crippen molar-refractivity contribution >= 4 is 22.3 Å². The highest BCUT2D eigenvalue weighted by molar-refractivity contribution is 7.17. The van der Waals surface area contributed by atoms with Crippen molar-refractivity contribution in [3.8, 4) is 0 Å². The van der Waals surface area contributed by atoms with Crippen molar-refractivity contribution < 1.29 is 4.79 Å². The van der Waals surface area contributed by atoms with E-state index in [1.165, 1.54) is 37.1 Å². The highest BCUT2D eigenvalue weighted by Gasteiger charge is 2.34. The van der Waals surface area contributed by atoms with Gasteiger partial charge in [0.15, 0.2) is 10.9 Å². The monoisotopic (exact) mass is 279 g/mol. The topological polar surface area (TPSA) is 36.4 Å². The van der Waals surface area contributed by atoms with Crippen LogP contribution in [-0.4, -0.2) is 47.4 Å². The minimum absolute atomic E-state index is 0.118. The van der Waals surface area contributed by atoms with Gasteiger partial charge in [-0.15, -0.1) is 0 Å². The Labute approximate surface area is 118 Å². The number of fused-ring (bicyclic) bond motifs is 1. The van der Waals surface area contributed by atoms with Crippen molar-refractivity contribution in [1.82, 2.24) is 9.88 Å². The van der Waals surface area contributed by atoms with Gasteiger partial charge in [0.05, 0.1) is 11.1 Å². The van der Waals surface area contributed by atoms with E-state index < -0.39 is 0 Å². The molecule has 4 nitrogen and oxygen atoms in total. The Hall–Kier alpha value is -0.940. The minimum atomic E-state index is 0.118. The lowest BCUT2D eigenvalue weighted by atomic mass is 9.97. The molecule has 1 aromatic rings. The third-order valence-corrected chi connectivity index (χ3v) is 5.41. The van der Waals surface area contributed by atoms with Crippen LogP contribution < -0.4 is 4.90 Å². The molecule has 0 aromatic carbocycles. The zero-order valence-electron chi connectivity index (χ0n) is 11.6. The van der Waals surface area contributed by atoms with E-state index in [2.05, 4.69) is 21.7 Å². The molecule has 2 aliphatic heterocycles. The Morgan fingerprint density at radius 2 is 2.26 bits per heavy atom. The predicted molar refractivity (Wildman–Crippen MR) is 78.1 cm³/mol. The summed E-state index contributed by atoms with van der Waals surface area (Å²) >= 11 is 1.54. The molecule has 0 saturated carbocycles. The van der Waals surface area contributed by atoms with E-state index in [1.54, 1.807) is 13.1 Å². The van der Waals surface area contributed by atoms with Crippen LogP contribution in [0.1, 0.15) is 42.8 Å². The molecule has 5 heteroatoms. The first-order valence-corrected chi connectivity index (χ1v) is 7.94. The number of hydrogen-bond donors (Lipinski definition) is 0. The summed E-state index contributed by atoms with van der Waals surface area (Å²) in [5.74, 6) is 0.118. The molecule has 0 radical (unpaired) electrons. The molecule has 0 amide bonds. The summed E-state index contributed by atoms with van der Waals surface area (Å²) < 4.78 is 0. The van der Waals surface area contributed by atoms with Gasteiger partial charge in [-0.1, -0.05) is 17.8 Å². The number of aromatic nitrogens is 1. The molecule has 19 heavy (non-hydrogen) atoms. The molecule has 104 valence electrons. The van der Waals surface area contributed by atoms with Crippen LogP contribution in [0.25, 0.3) is 0 Å². The van der Waals surface area contributed by atoms with Gasteiger partial charge in [0.2, 0.25) is 0 Å². The van der Waals surface area contributed by atoms with E-state index in [1.807, 2.05) is 0 Å². The Balaban J connectivity index is 1.77. The standard InChI is InChI=1S/C14H21N3OS/c1-10-8-16-6-4-3-5-12(16)9-17(10)14-15-7-13(19-14)11(2)18/h7,10,12H,3-6,8-9H2,1-2H3. The third-order valence-electron chi connectivity index (χ3n) is 4.27. The molecule has 2 fully saturated rings. The van der Waals surface area contributed by atoms with Gasteiger partial charge in [-0.25, -0.2) is 4.98 Å². The second kappa shape index (κ2) is 5.21. The van der Waals surface area contributed by atoms with Crippen molar-refractivity contribution in [1.29, 1.82) is 0 Å². The van der Waals surface area contributed by atoms with E-state index in [4.69, 9.17) is 0 Å². The largest absolute Gasteiger partial charge is 0.343 e. The number of anilines is 1. The molecule has 2 atom stereocenters. The van der Waals surface area contributed by atoms with Gasteiger partial charge in [-0.05, 0) is 26.3 Å². The van der Waals surface area contributed by atoms with Gasteiger partial charge in [-0.3, -0.25) is 9.69 Å². The highest BCUT2D eigenvalue weighted by Crippen LogP contribution is 2.30. The minimum Gasteiger partial charge on any atom is -0.343 e. The third kappa shape index (κ3) is 2.54. The number of carbonyl (C=O) groups is 1. The van der Waals surface area contributed by atoms with E-state index in [9.17, 15) is 4.79 Å². The molecule has 2 saturated heterocycles. The quantitative estimate of drug-likeness (QED) is 0.779. The second-order valence-electron chi connectivity index (χ2n) is 5.71. The molecule has 2 unspecified atom stereocenters. The van der Waals surface area contributed by atoms with Crippen LogP contribution in [-0.2, 0) is 0 Å². The summed E-state index contributed by atoms with van der Waals surface area (Å²) in [6.07, 6.45) is 5.71. The fourth-order valence-corrected chi connectivity index (χ4v) is 4.10. The number of nitrogens with zero attached hydrogens (tertiary/aromatic N) is 3. The summed E-state index contributed by atoms with van der Waals surface area (Å²) in [7, 11) is 0. The number of rotatable bonds is 2. The van der Waals surface area contributed by atoms with Gasteiger partial charge in [0.1, 0.15) is 0 Å². The van der Waals surface area contributed by atoms with Crippen molar-refractivity contribution in [2.75, 3.05) is 24.5 Å². The SMILES string of the molecule is CC(=O)c1cnc(N2CC3CCCCN3CC2C)s1. The molecule has 1 aromatic heterocycles. The molecular weight excluding hydrogens is 258 g/mol. The Kier molecular flexibility index (Phi) is 3.58. The fourth-order valence-electron chi connectivity index (χ4n) is 3.18. The number of hydrogen-bond acceptors (Lipinski definition) is 5. The number of thiazole rings is 1. The second-order valence-corrected chi connectivity index (χ2v) is 6.72. The first-order valence-electron chi connectivity index (χ1n) is 7.12. The zero-order chi connectivity index (χ0) is 13.4. The maximum atomic E-state index is 11.4. The molecule has 3 rings (SSSR count). The summed E-state index contributed by atoms with van der Waals surface area (Å²) in [6, 6.07) is 1.16. The van der Waals surface area contributed by atoms with Crippen LogP contribution in [0, 0.1) is 0 Å². The Morgan fingerprint density at radius 3 is 3.00 bits per heavy atom. The first kappa shape index (κ1) is 13.1. The highest BCUT2D eigenvalue weighted by atomic mass is 32.1. The zero-order valence-corrected chi connectivity index (χ0v) is 12.4. The number of Topliss-reactive ketones (excluding diaryl/α,β-unsaturated/α-hetero) is 1. The molecule has 0 bridgehead atoms. The van der Waals surface area contributed by atoms with E-state index >= 15 is 0 Å². The van der Waals surface area contributed by atoms with Crippen molar-refractivity contribution in [3.63, 3.8) is 0 Å². The van der Waals surface area contributed by atoms with Crippen LogP contribution in [0.4, 0.5) is 5.13 Å². The van der Waals surface area contributed by atoms with Gasteiger partial charge < -0.3 is 4.90 Å².